The highest BCUT2D eigenvalue weighted by atomic mass is 16.5. The van der Waals surface area contributed by atoms with Crippen LogP contribution in [0.5, 0.6) is 11.5 Å². The summed E-state index contributed by atoms with van der Waals surface area (Å²) < 4.78 is 11.8. The van der Waals surface area contributed by atoms with Crippen LogP contribution in [-0.2, 0) is 6.42 Å². The zero-order valence-electron chi connectivity index (χ0n) is 12.6. The Morgan fingerprint density at radius 3 is 2.95 bits per heavy atom. The smallest absolute Gasteiger partial charge is 0.143 e. The summed E-state index contributed by atoms with van der Waals surface area (Å²) in [4.78, 5) is 0. The van der Waals surface area contributed by atoms with Crippen molar-refractivity contribution in [2.45, 2.75) is 26.4 Å². The predicted octanol–water partition coefficient (Wildman–Crippen LogP) is 3.81. The third-order valence-electron chi connectivity index (χ3n) is 3.67. The molecule has 0 aromatic heterocycles. The van der Waals surface area contributed by atoms with E-state index in [9.17, 15) is 0 Å². The molecule has 0 spiro atoms. The molecule has 1 aliphatic heterocycles. The molecular formula is C18H21NO2. The molecule has 3 heteroatoms. The van der Waals surface area contributed by atoms with Gasteiger partial charge in [-0.2, -0.15) is 0 Å². The average molecular weight is 283 g/mol. The third-order valence-corrected chi connectivity index (χ3v) is 3.67. The molecule has 3 rings (SSSR count). The quantitative estimate of drug-likeness (QED) is 0.925. The van der Waals surface area contributed by atoms with E-state index in [4.69, 9.17) is 9.47 Å². The lowest BCUT2D eigenvalue weighted by Crippen LogP contribution is -2.32. The topological polar surface area (TPSA) is 30.5 Å². The minimum absolute atomic E-state index is 0.126. The molecule has 1 unspecified atom stereocenters. The fraction of sp³-hybridized carbons (Fsp3) is 0.333. The molecule has 1 heterocycles. The first-order valence-electron chi connectivity index (χ1n) is 7.48. The lowest BCUT2D eigenvalue weighted by molar-refractivity contribution is 0.204. The molecule has 1 aliphatic rings. The van der Waals surface area contributed by atoms with Gasteiger partial charge in [0.25, 0.3) is 0 Å². The summed E-state index contributed by atoms with van der Waals surface area (Å²) in [5.41, 5.74) is 3.49. The minimum Gasteiger partial charge on any atom is -0.494 e. The van der Waals surface area contributed by atoms with Crippen LogP contribution in [0.15, 0.2) is 42.5 Å². The molecule has 0 bridgehead atoms. The summed E-state index contributed by atoms with van der Waals surface area (Å²) in [7, 11) is 0. The second-order valence-corrected chi connectivity index (χ2v) is 5.37. The fourth-order valence-corrected chi connectivity index (χ4v) is 2.65. The van der Waals surface area contributed by atoms with Crippen LogP contribution in [0.4, 0.5) is 5.69 Å². The van der Waals surface area contributed by atoms with Crippen LogP contribution in [-0.4, -0.2) is 19.3 Å². The molecular weight excluding hydrogens is 262 g/mol. The van der Waals surface area contributed by atoms with Crippen LogP contribution < -0.4 is 14.8 Å². The molecule has 2 aromatic rings. The van der Waals surface area contributed by atoms with Crippen LogP contribution in [0.2, 0.25) is 0 Å². The van der Waals surface area contributed by atoms with Crippen molar-refractivity contribution >= 4 is 5.69 Å². The maximum Gasteiger partial charge on any atom is 0.143 e. The predicted molar refractivity (Wildman–Crippen MR) is 85.4 cm³/mol. The summed E-state index contributed by atoms with van der Waals surface area (Å²) in [6.07, 6.45) is 0.970. The lowest BCUT2D eigenvalue weighted by Gasteiger charge is -2.28. The molecule has 21 heavy (non-hydrogen) atoms. The van der Waals surface area contributed by atoms with Gasteiger partial charge in [0, 0.05) is 6.42 Å². The normalized spacial score (nSPS) is 16.6. The number of anilines is 1. The van der Waals surface area contributed by atoms with Crippen molar-refractivity contribution in [1.29, 1.82) is 0 Å². The van der Waals surface area contributed by atoms with E-state index in [-0.39, 0.29) is 6.10 Å². The van der Waals surface area contributed by atoms with Crippen LogP contribution >= 0.6 is 0 Å². The standard InChI is InChI=1S/C18H21NO2/c1-3-20-17-7-5-4-6-14(17)11-15-12-19-16-9-8-13(2)10-18(16)21-15/h4-10,15,19H,3,11-12H2,1-2H3. The summed E-state index contributed by atoms with van der Waals surface area (Å²) in [6, 6.07) is 14.4. The van der Waals surface area contributed by atoms with Gasteiger partial charge in [0.05, 0.1) is 18.8 Å². The SMILES string of the molecule is CCOc1ccccc1CC1CNc2ccc(C)cc2O1. The molecule has 0 fully saturated rings. The van der Waals surface area contributed by atoms with Gasteiger partial charge in [-0.05, 0) is 43.2 Å². The molecule has 0 amide bonds. The summed E-state index contributed by atoms with van der Waals surface area (Å²) in [6.45, 7) is 5.59. The van der Waals surface area contributed by atoms with Crippen LogP contribution in [0.3, 0.4) is 0 Å². The van der Waals surface area contributed by atoms with Crippen molar-refractivity contribution in [3.8, 4) is 11.5 Å². The monoisotopic (exact) mass is 283 g/mol. The van der Waals surface area contributed by atoms with Crippen LogP contribution in [0.25, 0.3) is 0 Å². The van der Waals surface area contributed by atoms with Crippen LogP contribution in [0, 0.1) is 6.92 Å². The van der Waals surface area contributed by atoms with Crippen molar-refractivity contribution in [2.75, 3.05) is 18.5 Å². The molecule has 1 atom stereocenters. The first-order chi connectivity index (χ1) is 10.3. The van der Waals surface area contributed by atoms with Gasteiger partial charge in [-0.15, -0.1) is 0 Å². The first-order valence-corrected chi connectivity index (χ1v) is 7.48. The zero-order chi connectivity index (χ0) is 14.7. The van der Waals surface area contributed by atoms with Crippen molar-refractivity contribution in [3.05, 3.63) is 53.6 Å². The van der Waals surface area contributed by atoms with Gasteiger partial charge < -0.3 is 14.8 Å². The number of benzene rings is 2. The maximum absolute atomic E-state index is 6.13. The number of hydrogen-bond acceptors (Lipinski definition) is 3. The molecule has 2 aromatic carbocycles. The first kappa shape index (κ1) is 13.8. The Bertz CT molecular complexity index is 624. The van der Waals surface area contributed by atoms with Gasteiger partial charge in [0.15, 0.2) is 0 Å². The summed E-state index contributed by atoms with van der Waals surface area (Å²) in [5, 5.41) is 3.45. The highest BCUT2D eigenvalue weighted by Crippen LogP contribution is 2.31. The maximum atomic E-state index is 6.13. The van der Waals surface area contributed by atoms with Crippen molar-refractivity contribution in [3.63, 3.8) is 0 Å². The van der Waals surface area contributed by atoms with Crippen molar-refractivity contribution < 1.29 is 9.47 Å². The number of aryl methyl sites for hydroxylation is 1. The van der Waals surface area contributed by atoms with Gasteiger partial charge in [0.1, 0.15) is 17.6 Å². The number of para-hydroxylation sites is 1. The molecule has 0 saturated heterocycles. The molecule has 1 N–H and O–H groups in total. The van der Waals surface area contributed by atoms with Gasteiger partial charge in [0.2, 0.25) is 0 Å². The van der Waals surface area contributed by atoms with E-state index in [2.05, 4.69) is 36.5 Å². The highest BCUT2D eigenvalue weighted by molar-refractivity contribution is 5.59. The summed E-state index contributed by atoms with van der Waals surface area (Å²) >= 11 is 0. The Morgan fingerprint density at radius 2 is 2.10 bits per heavy atom. The Balaban J connectivity index is 1.75. The van der Waals surface area contributed by atoms with E-state index >= 15 is 0 Å². The molecule has 110 valence electrons. The van der Waals surface area contributed by atoms with Gasteiger partial charge >= 0.3 is 0 Å². The third kappa shape index (κ3) is 3.13. The van der Waals surface area contributed by atoms with E-state index in [1.54, 1.807) is 0 Å². The molecule has 0 radical (unpaired) electrons. The summed E-state index contributed by atoms with van der Waals surface area (Å²) in [5.74, 6) is 1.90. The Hall–Kier alpha value is -2.16. The van der Waals surface area contributed by atoms with Crippen molar-refractivity contribution in [1.82, 2.24) is 0 Å². The number of hydrogen-bond donors (Lipinski definition) is 1. The second kappa shape index (κ2) is 6.08. The van der Waals surface area contributed by atoms with E-state index in [1.807, 2.05) is 25.1 Å². The Morgan fingerprint density at radius 1 is 1.24 bits per heavy atom. The second-order valence-electron chi connectivity index (χ2n) is 5.37. The average Bonchev–Trinajstić information content (AvgIpc) is 2.49. The lowest BCUT2D eigenvalue weighted by atomic mass is 10.0. The number of nitrogens with one attached hydrogen (secondary N) is 1. The fourth-order valence-electron chi connectivity index (χ4n) is 2.65. The van der Waals surface area contributed by atoms with E-state index < -0.39 is 0 Å². The molecule has 0 aliphatic carbocycles. The zero-order valence-corrected chi connectivity index (χ0v) is 12.6. The van der Waals surface area contributed by atoms with Gasteiger partial charge in [-0.25, -0.2) is 0 Å². The number of fused-ring (bicyclic) bond motifs is 1. The van der Waals surface area contributed by atoms with Crippen LogP contribution in [0.1, 0.15) is 18.1 Å². The van der Waals surface area contributed by atoms with E-state index in [0.29, 0.717) is 6.61 Å². The van der Waals surface area contributed by atoms with E-state index in [1.165, 1.54) is 11.1 Å². The molecule has 0 saturated carbocycles. The Labute approximate surface area is 125 Å². The highest BCUT2D eigenvalue weighted by Gasteiger charge is 2.20. The largest absolute Gasteiger partial charge is 0.494 e. The minimum atomic E-state index is 0.126. The van der Waals surface area contributed by atoms with E-state index in [0.717, 1.165) is 30.2 Å². The van der Waals surface area contributed by atoms with Gasteiger partial charge in [-0.3, -0.25) is 0 Å². The number of ether oxygens (including phenoxy) is 2. The van der Waals surface area contributed by atoms with Gasteiger partial charge in [-0.1, -0.05) is 24.3 Å². The number of rotatable bonds is 4. The van der Waals surface area contributed by atoms with Crippen molar-refractivity contribution in [2.24, 2.45) is 0 Å². The molecule has 3 nitrogen and oxygen atoms in total. The Kier molecular flexibility index (Phi) is 4.00.